The van der Waals surface area contributed by atoms with Crippen LogP contribution in [0.5, 0.6) is 0 Å². The SMILES string of the molecule is CN=C(NCCN(C)CCCOC)NCc1ccc(C(=O)NC)cc1.I. The molecule has 0 aliphatic carbocycles. The van der Waals surface area contributed by atoms with Crippen molar-refractivity contribution >= 4 is 35.8 Å². The number of methoxy groups -OCH3 is 1. The Morgan fingerprint density at radius 2 is 1.88 bits per heavy atom. The average Bonchev–Trinajstić information content (AvgIpc) is 2.64. The molecule has 0 spiro atoms. The number of hydrogen-bond donors (Lipinski definition) is 3. The van der Waals surface area contributed by atoms with Crippen molar-refractivity contribution in [3.8, 4) is 0 Å². The zero-order chi connectivity index (χ0) is 18.5. The van der Waals surface area contributed by atoms with Gasteiger partial charge in [0.05, 0.1) is 0 Å². The number of carbonyl (C=O) groups is 1. The van der Waals surface area contributed by atoms with Crippen LogP contribution >= 0.6 is 24.0 Å². The molecule has 0 fully saturated rings. The van der Waals surface area contributed by atoms with Gasteiger partial charge in [-0.15, -0.1) is 24.0 Å². The summed E-state index contributed by atoms with van der Waals surface area (Å²) in [6.45, 7) is 4.21. The van der Waals surface area contributed by atoms with Crippen LogP contribution in [0.3, 0.4) is 0 Å². The first kappa shape index (κ1) is 24.6. The van der Waals surface area contributed by atoms with Crippen molar-refractivity contribution in [3.63, 3.8) is 0 Å². The molecule has 0 aromatic heterocycles. The lowest BCUT2D eigenvalue weighted by atomic mass is 10.1. The van der Waals surface area contributed by atoms with Crippen LogP contribution in [-0.2, 0) is 11.3 Å². The first-order valence-electron chi connectivity index (χ1n) is 8.53. The number of aliphatic imine (C=N–C) groups is 1. The normalized spacial score (nSPS) is 11.0. The van der Waals surface area contributed by atoms with Crippen LogP contribution in [0.1, 0.15) is 22.3 Å². The van der Waals surface area contributed by atoms with Crippen molar-refractivity contribution in [1.82, 2.24) is 20.9 Å². The minimum absolute atomic E-state index is 0. The van der Waals surface area contributed by atoms with E-state index >= 15 is 0 Å². The van der Waals surface area contributed by atoms with Gasteiger partial charge in [0.15, 0.2) is 5.96 Å². The molecular formula is C18H32IN5O2. The molecule has 0 radical (unpaired) electrons. The number of guanidine groups is 1. The van der Waals surface area contributed by atoms with Crippen molar-refractivity contribution < 1.29 is 9.53 Å². The quantitative estimate of drug-likeness (QED) is 0.205. The molecular weight excluding hydrogens is 445 g/mol. The fourth-order valence-electron chi connectivity index (χ4n) is 2.28. The summed E-state index contributed by atoms with van der Waals surface area (Å²) in [5.41, 5.74) is 1.75. The molecule has 1 amide bonds. The van der Waals surface area contributed by atoms with Gasteiger partial charge in [0.2, 0.25) is 0 Å². The highest BCUT2D eigenvalue weighted by atomic mass is 127. The average molecular weight is 477 g/mol. The van der Waals surface area contributed by atoms with Crippen LogP contribution in [-0.4, -0.2) is 71.3 Å². The first-order valence-corrected chi connectivity index (χ1v) is 8.53. The van der Waals surface area contributed by atoms with Crippen molar-refractivity contribution in [2.75, 3.05) is 54.5 Å². The number of hydrogen-bond acceptors (Lipinski definition) is 4. The van der Waals surface area contributed by atoms with Crippen molar-refractivity contribution in [1.29, 1.82) is 0 Å². The highest BCUT2D eigenvalue weighted by Gasteiger charge is 2.03. The maximum Gasteiger partial charge on any atom is 0.251 e. The summed E-state index contributed by atoms with van der Waals surface area (Å²) in [7, 11) is 7.21. The van der Waals surface area contributed by atoms with Gasteiger partial charge in [0, 0.05) is 59.6 Å². The van der Waals surface area contributed by atoms with E-state index < -0.39 is 0 Å². The molecule has 148 valence electrons. The lowest BCUT2D eigenvalue weighted by Crippen LogP contribution is -2.40. The van der Waals surface area contributed by atoms with E-state index in [0.29, 0.717) is 12.1 Å². The summed E-state index contributed by atoms with van der Waals surface area (Å²) >= 11 is 0. The molecule has 0 bridgehead atoms. The van der Waals surface area contributed by atoms with Gasteiger partial charge in [-0.05, 0) is 31.2 Å². The molecule has 26 heavy (non-hydrogen) atoms. The minimum Gasteiger partial charge on any atom is -0.385 e. The molecule has 0 saturated heterocycles. The summed E-state index contributed by atoms with van der Waals surface area (Å²) in [5, 5.41) is 9.19. The van der Waals surface area contributed by atoms with E-state index in [1.54, 1.807) is 21.2 Å². The van der Waals surface area contributed by atoms with Gasteiger partial charge >= 0.3 is 0 Å². The Morgan fingerprint density at radius 3 is 2.46 bits per heavy atom. The van der Waals surface area contributed by atoms with E-state index in [1.165, 1.54) is 0 Å². The Bertz CT molecular complexity index is 537. The predicted molar refractivity (Wildman–Crippen MR) is 117 cm³/mol. The second-order valence-corrected chi connectivity index (χ2v) is 5.78. The third-order valence-electron chi connectivity index (χ3n) is 3.80. The summed E-state index contributed by atoms with van der Waals surface area (Å²) in [4.78, 5) is 18.0. The summed E-state index contributed by atoms with van der Waals surface area (Å²) < 4.78 is 5.06. The number of nitrogens with one attached hydrogen (secondary N) is 3. The topological polar surface area (TPSA) is 78.0 Å². The second-order valence-electron chi connectivity index (χ2n) is 5.78. The zero-order valence-corrected chi connectivity index (χ0v) is 18.5. The Labute approximate surface area is 174 Å². The minimum atomic E-state index is -0.0772. The smallest absolute Gasteiger partial charge is 0.251 e. The Hall–Kier alpha value is -1.39. The molecule has 0 aliphatic heterocycles. The molecule has 7 nitrogen and oxygen atoms in total. The first-order chi connectivity index (χ1) is 12.1. The number of rotatable bonds is 10. The van der Waals surface area contributed by atoms with Crippen molar-refractivity contribution in [2.24, 2.45) is 4.99 Å². The number of carbonyl (C=O) groups excluding carboxylic acids is 1. The van der Waals surface area contributed by atoms with Crippen LogP contribution < -0.4 is 16.0 Å². The van der Waals surface area contributed by atoms with E-state index in [4.69, 9.17) is 4.74 Å². The lowest BCUT2D eigenvalue weighted by Gasteiger charge is -2.18. The third-order valence-corrected chi connectivity index (χ3v) is 3.80. The standard InChI is InChI=1S/C18H31N5O2.HI/c1-19-17(24)16-8-6-15(7-9-16)14-22-18(20-2)21-10-12-23(3)11-5-13-25-4;/h6-9H,5,10-14H2,1-4H3,(H,19,24)(H2,20,21,22);1H. The molecule has 3 N–H and O–H groups in total. The lowest BCUT2D eigenvalue weighted by molar-refractivity contribution is 0.0963. The number of halogens is 1. The Kier molecular flexibility index (Phi) is 14.0. The summed E-state index contributed by atoms with van der Waals surface area (Å²) in [6.07, 6.45) is 1.03. The Balaban J connectivity index is 0.00000625. The second kappa shape index (κ2) is 14.7. The number of benzene rings is 1. The maximum absolute atomic E-state index is 11.5. The van der Waals surface area contributed by atoms with E-state index in [2.05, 4.69) is 32.9 Å². The van der Waals surface area contributed by atoms with Crippen molar-refractivity contribution in [2.45, 2.75) is 13.0 Å². The molecule has 1 rings (SSSR count). The predicted octanol–water partition coefficient (Wildman–Crippen LogP) is 1.30. The van der Waals surface area contributed by atoms with Crippen LogP contribution in [0.25, 0.3) is 0 Å². The number of ether oxygens (including phenoxy) is 1. The number of amides is 1. The zero-order valence-electron chi connectivity index (χ0n) is 16.2. The molecule has 0 heterocycles. The molecule has 0 aliphatic rings. The molecule has 0 unspecified atom stereocenters. The molecule has 8 heteroatoms. The summed E-state index contributed by atoms with van der Waals surface area (Å²) in [5.74, 6) is 0.687. The number of likely N-dealkylation sites (N-methyl/N-ethyl adjacent to an activating group) is 1. The van der Waals surface area contributed by atoms with Gasteiger partial charge in [-0.1, -0.05) is 12.1 Å². The van der Waals surface area contributed by atoms with Gasteiger partial charge in [-0.2, -0.15) is 0 Å². The van der Waals surface area contributed by atoms with Crippen LogP contribution in [0, 0.1) is 0 Å². The van der Waals surface area contributed by atoms with E-state index in [9.17, 15) is 4.79 Å². The van der Waals surface area contributed by atoms with Gasteiger partial charge in [0.25, 0.3) is 5.91 Å². The van der Waals surface area contributed by atoms with E-state index in [-0.39, 0.29) is 29.9 Å². The van der Waals surface area contributed by atoms with Gasteiger partial charge in [0.1, 0.15) is 0 Å². The third kappa shape index (κ3) is 9.93. The van der Waals surface area contributed by atoms with Crippen LogP contribution in [0.2, 0.25) is 0 Å². The highest BCUT2D eigenvalue weighted by Crippen LogP contribution is 2.04. The summed E-state index contributed by atoms with van der Waals surface area (Å²) in [6, 6.07) is 7.52. The van der Waals surface area contributed by atoms with Crippen LogP contribution in [0.15, 0.2) is 29.3 Å². The molecule has 1 aromatic carbocycles. The maximum atomic E-state index is 11.5. The highest BCUT2D eigenvalue weighted by molar-refractivity contribution is 14.0. The molecule has 0 saturated carbocycles. The van der Waals surface area contributed by atoms with Crippen molar-refractivity contribution in [3.05, 3.63) is 35.4 Å². The number of nitrogens with zero attached hydrogens (tertiary/aromatic N) is 2. The largest absolute Gasteiger partial charge is 0.385 e. The van der Waals surface area contributed by atoms with Gasteiger partial charge < -0.3 is 25.6 Å². The Morgan fingerprint density at radius 1 is 1.19 bits per heavy atom. The molecule has 1 aromatic rings. The molecule has 0 atom stereocenters. The fourth-order valence-corrected chi connectivity index (χ4v) is 2.28. The van der Waals surface area contributed by atoms with Gasteiger partial charge in [-0.3, -0.25) is 9.79 Å². The van der Waals surface area contributed by atoms with E-state index in [1.807, 2.05) is 24.3 Å². The van der Waals surface area contributed by atoms with E-state index in [0.717, 1.165) is 44.2 Å². The monoisotopic (exact) mass is 477 g/mol. The fraction of sp³-hybridized carbons (Fsp3) is 0.556. The van der Waals surface area contributed by atoms with Gasteiger partial charge in [-0.25, -0.2) is 0 Å². The van der Waals surface area contributed by atoms with Crippen LogP contribution in [0.4, 0.5) is 0 Å².